The fourth-order valence-electron chi connectivity index (χ4n) is 3.69. The molecule has 0 aliphatic heterocycles. The number of rotatable bonds is 4. The van der Waals surface area contributed by atoms with Crippen molar-refractivity contribution >= 4 is 5.69 Å². The van der Waals surface area contributed by atoms with Gasteiger partial charge >= 0.3 is 0 Å². The molecule has 0 spiro atoms. The van der Waals surface area contributed by atoms with Gasteiger partial charge in [0, 0.05) is 5.56 Å². The van der Waals surface area contributed by atoms with E-state index in [0.717, 1.165) is 22.7 Å². The average Bonchev–Trinajstić information content (AvgIpc) is 3.23. The van der Waals surface area contributed by atoms with Gasteiger partial charge in [-0.15, -0.1) is 5.23 Å². The van der Waals surface area contributed by atoms with Crippen molar-refractivity contribution in [1.82, 2.24) is 4.98 Å². The van der Waals surface area contributed by atoms with Gasteiger partial charge in [-0.3, -0.25) is 10.4 Å². The first-order valence-corrected chi connectivity index (χ1v) is 9.05. The second-order valence-electron chi connectivity index (χ2n) is 6.82. The molecule has 1 aliphatic rings. The average molecular weight is 350 g/mol. The molecule has 0 saturated heterocycles. The maximum Gasteiger partial charge on any atom is 0.152 e. The third kappa shape index (κ3) is 3.49. The van der Waals surface area contributed by atoms with E-state index in [2.05, 4.69) is 12.1 Å². The zero-order valence-electron chi connectivity index (χ0n) is 14.5. The first-order valence-electron chi connectivity index (χ1n) is 9.05. The van der Waals surface area contributed by atoms with Gasteiger partial charge in [-0.2, -0.15) is 0 Å². The largest absolute Gasteiger partial charge is 0.463 e. The summed E-state index contributed by atoms with van der Waals surface area (Å²) in [5.74, 6) is 1.32. The van der Waals surface area contributed by atoms with Gasteiger partial charge < -0.3 is 4.42 Å². The van der Waals surface area contributed by atoms with Gasteiger partial charge in [-0.05, 0) is 60.7 Å². The number of pyridine rings is 1. The molecule has 4 rings (SSSR count). The highest BCUT2D eigenvalue weighted by Gasteiger charge is 2.18. The van der Waals surface area contributed by atoms with Crippen LogP contribution in [-0.2, 0) is 0 Å². The molecular formula is C21H22N2O3. The minimum atomic E-state index is 0.115. The van der Waals surface area contributed by atoms with Crippen molar-refractivity contribution in [3.63, 3.8) is 0 Å². The summed E-state index contributed by atoms with van der Waals surface area (Å²) in [4.78, 5) is 4.78. The van der Waals surface area contributed by atoms with Crippen molar-refractivity contribution in [3.05, 3.63) is 60.4 Å². The maximum absolute atomic E-state index is 9.13. The predicted molar refractivity (Wildman–Crippen MR) is 99.3 cm³/mol. The van der Waals surface area contributed by atoms with Gasteiger partial charge in [0.2, 0.25) is 0 Å². The molecule has 2 N–H and O–H groups in total. The van der Waals surface area contributed by atoms with Gasteiger partial charge in [0.25, 0.3) is 0 Å². The monoisotopic (exact) mass is 350 g/mol. The number of hydrogen-bond donors (Lipinski definition) is 2. The summed E-state index contributed by atoms with van der Waals surface area (Å²) in [7, 11) is 0. The van der Waals surface area contributed by atoms with E-state index < -0.39 is 0 Å². The van der Waals surface area contributed by atoms with Crippen molar-refractivity contribution in [1.29, 1.82) is 0 Å². The van der Waals surface area contributed by atoms with E-state index in [1.54, 1.807) is 18.4 Å². The number of aromatic nitrogens is 1. The number of anilines is 1. The lowest BCUT2D eigenvalue weighted by molar-refractivity contribution is 0.0292. The Hall–Kier alpha value is -2.63. The Morgan fingerprint density at radius 3 is 2.31 bits per heavy atom. The molecule has 3 aromatic rings. The van der Waals surface area contributed by atoms with Crippen LogP contribution in [0.3, 0.4) is 0 Å². The third-order valence-corrected chi connectivity index (χ3v) is 5.09. The lowest BCUT2D eigenvalue weighted by atomic mass is 9.83. The second kappa shape index (κ2) is 7.32. The van der Waals surface area contributed by atoms with Crippen molar-refractivity contribution in [3.8, 4) is 22.7 Å². The molecule has 0 unspecified atom stereocenters. The Balaban J connectivity index is 1.76. The minimum Gasteiger partial charge on any atom is -0.463 e. The Bertz CT molecular complexity index is 851. The van der Waals surface area contributed by atoms with E-state index in [0.29, 0.717) is 11.6 Å². The molecule has 2 aromatic heterocycles. The van der Waals surface area contributed by atoms with Crippen LogP contribution < -0.4 is 5.23 Å². The third-order valence-electron chi connectivity index (χ3n) is 5.09. The van der Waals surface area contributed by atoms with Crippen molar-refractivity contribution < 1.29 is 14.8 Å². The summed E-state index contributed by atoms with van der Waals surface area (Å²) >= 11 is 0. The molecule has 1 fully saturated rings. The lowest BCUT2D eigenvalue weighted by Crippen LogP contribution is -2.10. The Morgan fingerprint density at radius 1 is 0.923 bits per heavy atom. The molecule has 0 atom stereocenters. The van der Waals surface area contributed by atoms with Crippen LogP contribution in [0, 0.1) is 0 Å². The molecule has 134 valence electrons. The van der Waals surface area contributed by atoms with E-state index in [-0.39, 0.29) is 5.23 Å². The highest BCUT2D eigenvalue weighted by molar-refractivity contribution is 5.67. The molecule has 5 nitrogen and oxygen atoms in total. The zero-order chi connectivity index (χ0) is 17.9. The quantitative estimate of drug-likeness (QED) is 0.596. The Labute approximate surface area is 152 Å². The first kappa shape index (κ1) is 16.8. The standard InChI is InChI=1S/C21H22N2O3/c24-23(25)18-10-8-16(9-11-18)19-13-17(15-5-2-1-3-6-15)14-20(22-19)21-7-4-12-26-21/h4,7-15,24-25H,1-3,5-6H2. The topological polar surface area (TPSA) is 69.7 Å². The fourth-order valence-corrected chi connectivity index (χ4v) is 3.69. The van der Waals surface area contributed by atoms with Crippen LogP contribution in [0.1, 0.15) is 43.6 Å². The highest BCUT2D eigenvalue weighted by atomic mass is 16.8. The van der Waals surface area contributed by atoms with Gasteiger partial charge in [0.15, 0.2) is 5.76 Å². The molecule has 1 saturated carbocycles. The van der Waals surface area contributed by atoms with E-state index in [4.69, 9.17) is 19.8 Å². The van der Waals surface area contributed by atoms with Crippen LogP contribution in [0.2, 0.25) is 0 Å². The van der Waals surface area contributed by atoms with Gasteiger partial charge in [0.05, 0.1) is 17.6 Å². The van der Waals surface area contributed by atoms with Crippen LogP contribution in [0.15, 0.2) is 59.2 Å². The lowest BCUT2D eigenvalue weighted by Gasteiger charge is -2.23. The predicted octanol–water partition coefficient (Wildman–Crippen LogP) is 5.64. The van der Waals surface area contributed by atoms with Crippen LogP contribution in [-0.4, -0.2) is 15.4 Å². The number of benzene rings is 1. The van der Waals surface area contributed by atoms with Crippen LogP contribution in [0.4, 0.5) is 5.69 Å². The van der Waals surface area contributed by atoms with E-state index in [1.165, 1.54) is 37.7 Å². The SMILES string of the molecule is ON(O)c1ccc(-c2cc(C3CCCCC3)cc(-c3ccco3)n2)cc1. The first-order chi connectivity index (χ1) is 12.7. The molecule has 5 heteroatoms. The molecule has 1 aliphatic carbocycles. The van der Waals surface area contributed by atoms with E-state index in [1.807, 2.05) is 24.3 Å². The Morgan fingerprint density at radius 2 is 1.65 bits per heavy atom. The van der Waals surface area contributed by atoms with E-state index >= 15 is 0 Å². The van der Waals surface area contributed by atoms with Crippen molar-refractivity contribution in [2.24, 2.45) is 0 Å². The van der Waals surface area contributed by atoms with Gasteiger partial charge in [-0.1, -0.05) is 31.4 Å². The molecule has 26 heavy (non-hydrogen) atoms. The van der Waals surface area contributed by atoms with Gasteiger partial charge in [0.1, 0.15) is 5.69 Å². The summed E-state index contributed by atoms with van der Waals surface area (Å²) in [6, 6.07) is 15.1. The summed E-state index contributed by atoms with van der Waals surface area (Å²) in [6.45, 7) is 0. The molecule has 1 aromatic carbocycles. The minimum absolute atomic E-state index is 0.115. The van der Waals surface area contributed by atoms with Crippen molar-refractivity contribution in [2.75, 3.05) is 5.23 Å². The molecule has 0 radical (unpaired) electrons. The number of nitrogens with zero attached hydrogens (tertiary/aromatic N) is 2. The van der Waals surface area contributed by atoms with Crippen LogP contribution in [0.25, 0.3) is 22.7 Å². The van der Waals surface area contributed by atoms with E-state index in [9.17, 15) is 0 Å². The number of hydrogen-bond acceptors (Lipinski definition) is 5. The summed E-state index contributed by atoms with van der Waals surface area (Å²) in [5.41, 5.74) is 4.25. The molecular weight excluding hydrogens is 328 g/mol. The zero-order valence-corrected chi connectivity index (χ0v) is 14.5. The normalized spacial score (nSPS) is 15.2. The smallest absolute Gasteiger partial charge is 0.152 e. The highest BCUT2D eigenvalue weighted by Crippen LogP contribution is 2.36. The fraction of sp³-hybridized carbons (Fsp3) is 0.286. The summed E-state index contributed by atoms with van der Waals surface area (Å²) < 4.78 is 5.57. The van der Waals surface area contributed by atoms with Crippen LogP contribution >= 0.6 is 0 Å². The maximum atomic E-state index is 9.13. The number of furan rings is 1. The molecule has 0 bridgehead atoms. The van der Waals surface area contributed by atoms with Crippen molar-refractivity contribution in [2.45, 2.75) is 38.0 Å². The molecule has 0 amide bonds. The summed E-state index contributed by atoms with van der Waals surface area (Å²) in [5, 5.41) is 18.4. The second-order valence-corrected chi connectivity index (χ2v) is 6.82. The Kier molecular flexibility index (Phi) is 4.73. The molecule has 2 heterocycles. The van der Waals surface area contributed by atoms with Crippen LogP contribution in [0.5, 0.6) is 0 Å². The summed E-state index contributed by atoms with van der Waals surface area (Å²) in [6.07, 6.45) is 7.95. The van der Waals surface area contributed by atoms with Gasteiger partial charge in [-0.25, -0.2) is 4.98 Å².